The van der Waals surface area contributed by atoms with Crippen molar-refractivity contribution >= 4 is 38.9 Å². The van der Waals surface area contributed by atoms with E-state index in [1.165, 1.54) is 25.6 Å². The van der Waals surface area contributed by atoms with Crippen molar-refractivity contribution in [1.29, 1.82) is 0 Å². The van der Waals surface area contributed by atoms with Crippen LogP contribution in [0.15, 0.2) is 33.7 Å². The van der Waals surface area contributed by atoms with Gasteiger partial charge < -0.3 is 16.0 Å². The number of aromatic nitrogens is 3. The van der Waals surface area contributed by atoms with E-state index in [1.807, 2.05) is 5.32 Å². The molecule has 0 radical (unpaired) electrons. The molecule has 2 heterocycles. The van der Waals surface area contributed by atoms with Crippen molar-refractivity contribution in [3.8, 4) is 0 Å². The smallest absolute Gasteiger partial charge is 0.273 e. The number of nitrogens with one attached hydrogen (secondary N) is 3. The molecule has 1 unspecified atom stereocenters. The second kappa shape index (κ2) is 7.31. The molecule has 10 nitrogen and oxygen atoms in total. The third-order valence-electron chi connectivity index (χ3n) is 5.55. The molecule has 0 aliphatic heterocycles. The van der Waals surface area contributed by atoms with E-state index >= 15 is 0 Å². The molecule has 2 fully saturated rings. The third kappa shape index (κ3) is 3.72. The van der Waals surface area contributed by atoms with E-state index in [2.05, 4.69) is 30.2 Å². The van der Waals surface area contributed by atoms with Gasteiger partial charge in [0, 0.05) is 42.6 Å². The molecule has 0 saturated heterocycles. The van der Waals surface area contributed by atoms with Crippen LogP contribution >= 0.6 is 0 Å². The van der Waals surface area contributed by atoms with Crippen LogP contribution in [-0.2, 0) is 14.5 Å². The van der Waals surface area contributed by atoms with Gasteiger partial charge in [0.15, 0.2) is 11.5 Å². The normalized spacial score (nSPS) is 21.9. The minimum absolute atomic E-state index is 0.0326. The zero-order valence-electron chi connectivity index (χ0n) is 19.4. The van der Waals surface area contributed by atoms with Crippen LogP contribution in [0.1, 0.15) is 33.9 Å². The van der Waals surface area contributed by atoms with E-state index in [0.717, 1.165) is 19.3 Å². The van der Waals surface area contributed by atoms with Gasteiger partial charge >= 0.3 is 0 Å². The first-order valence-electron chi connectivity index (χ1n) is 10.8. The van der Waals surface area contributed by atoms with Gasteiger partial charge in [0.2, 0.25) is 5.91 Å². The van der Waals surface area contributed by atoms with E-state index in [9.17, 15) is 13.8 Å². The lowest BCUT2D eigenvalue weighted by Gasteiger charge is -2.14. The van der Waals surface area contributed by atoms with Crippen LogP contribution in [-0.4, -0.2) is 51.5 Å². The lowest BCUT2D eigenvalue weighted by Crippen LogP contribution is -2.23. The highest BCUT2D eigenvalue weighted by Crippen LogP contribution is 2.70. The summed E-state index contributed by atoms with van der Waals surface area (Å²) in [6.07, 6.45) is 5.83. The van der Waals surface area contributed by atoms with Gasteiger partial charge in [-0.3, -0.25) is 9.59 Å². The molecular weight excluding hydrogens is 406 g/mol. The first kappa shape index (κ1) is 16.7. The molecule has 3 N–H and O–H groups in total. The van der Waals surface area contributed by atoms with Gasteiger partial charge in [0.1, 0.15) is 5.82 Å². The molecule has 2 aromatic rings. The predicted molar refractivity (Wildman–Crippen MR) is 112 cm³/mol. The number of carbonyl (C=O) groups excluding carboxylic acids is 2. The lowest BCUT2D eigenvalue weighted by atomic mass is 10.2. The highest BCUT2D eigenvalue weighted by molar-refractivity contribution is 7.93. The highest BCUT2D eigenvalue weighted by Gasteiger charge is 2.65. The summed E-state index contributed by atoms with van der Waals surface area (Å²) >= 11 is 0. The van der Waals surface area contributed by atoms with Crippen LogP contribution < -0.4 is 16.0 Å². The number of pyridine rings is 1. The molecule has 2 atom stereocenters. The lowest BCUT2D eigenvalue weighted by molar-refractivity contribution is -0.117. The van der Waals surface area contributed by atoms with Gasteiger partial charge in [-0.25, -0.2) is 13.6 Å². The Balaban J connectivity index is 1.68. The minimum Gasteiger partial charge on any atom is -0.354 e. The second-order valence-electron chi connectivity index (χ2n) is 7.51. The van der Waals surface area contributed by atoms with Gasteiger partial charge in [0.25, 0.3) is 5.91 Å². The van der Waals surface area contributed by atoms with Gasteiger partial charge in [-0.15, -0.1) is 10.2 Å². The third-order valence-corrected chi connectivity index (χ3v) is 7.39. The van der Waals surface area contributed by atoms with Gasteiger partial charge in [-0.1, -0.05) is 0 Å². The van der Waals surface area contributed by atoms with Crippen molar-refractivity contribution < 1.29 is 17.9 Å². The average molecular weight is 433 g/mol. The number of anilines is 3. The molecule has 0 bridgehead atoms. The first-order chi connectivity index (χ1) is 15.4. The zero-order chi connectivity index (χ0) is 24.0. The number of carbonyl (C=O) groups is 2. The topological polar surface area (TPSA) is 138 Å². The molecule has 4 rings (SSSR count). The summed E-state index contributed by atoms with van der Waals surface area (Å²) in [5.41, 5.74) is -0.154. The summed E-state index contributed by atoms with van der Waals surface area (Å²) in [7, 11) is -1.38. The molecule has 1 spiro atoms. The van der Waals surface area contributed by atoms with Crippen LogP contribution in [0.2, 0.25) is 0 Å². The molecule has 2 aliphatic rings. The Hall–Kier alpha value is -3.08. The molecule has 158 valence electrons. The zero-order valence-corrected chi connectivity index (χ0v) is 17.2. The Kier molecular flexibility index (Phi) is 4.07. The highest BCUT2D eigenvalue weighted by atomic mass is 32.2. The Morgan fingerprint density at radius 2 is 2.17 bits per heavy atom. The number of hydrogen-bond donors (Lipinski definition) is 3. The van der Waals surface area contributed by atoms with Crippen LogP contribution in [0.25, 0.3) is 0 Å². The summed E-state index contributed by atoms with van der Waals surface area (Å²) in [4.78, 5) is 29.5. The summed E-state index contributed by atoms with van der Waals surface area (Å²) in [5.74, 6) is -1.01. The summed E-state index contributed by atoms with van der Waals surface area (Å²) in [6.45, 7) is -2.75. The monoisotopic (exact) mass is 432 g/mol. The van der Waals surface area contributed by atoms with E-state index in [0.29, 0.717) is 0 Å². The molecule has 0 aromatic carbocycles. The van der Waals surface area contributed by atoms with Crippen LogP contribution in [0.5, 0.6) is 0 Å². The number of amides is 2. The van der Waals surface area contributed by atoms with E-state index in [1.54, 1.807) is 12.1 Å². The summed E-state index contributed by atoms with van der Waals surface area (Å²) < 4.78 is 38.6. The molecule has 11 heteroatoms. The Labute approximate surface area is 178 Å². The molecule has 30 heavy (non-hydrogen) atoms. The van der Waals surface area contributed by atoms with Crippen molar-refractivity contribution in [3.05, 3.63) is 30.1 Å². The van der Waals surface area contributed by atoms with Crippen LogP contribution in [0.3, 0.4) is 0 Å². The maximum atomic E-state index is 12.8. The Morgan fingerprint density at radius 1 is 1.37 bits per heavy atom. The van der Waals surface area contributed by atoms with Crippen molar-refractivity contribution in [3.63, 3.8) is 0 Å². The fourth-order valence-electron chi connectivity index (χ4n) is 3.44. The number of rotatable bonds is 6. The minimum atomic E-state index is -2.80. The van der Waals surface area contributed by atoms with Crippen LogP contribution in [0.4, 0.5) is 17.3 Å². The molecule has 2 saturated carbocycles. The quantitative estimate of drug-likeness (QED) is 0.632. The van der Waals surface area contributed by atoms with Crippen molar-refractivity contribution in [1.82, 2.24) is 20.5 Å². The maximum Gasteiger partial charge on any atom is 0.273 e. The van der Waals surface area contributed by atoms with Crippen molar-refractivity contribution in [2.24, 2.45) is 15.7 Å². The SMILES string of the molecule is [2H]C([2H])([2H])NC(=O)c1nnc(NC(=O)[C@H]2CC23CC3)cc1Nc1ncccc1S(C)(=O)=NC. The fourth-order valence-corrected chi connectivity index (χ4v) is 4.43. The summed E-state index contributed by atoms with van der Waals surface area (Å²) in [6, 6.07) is 4.53. The second-order valence-corrected chi connectivity index (χ2v) is 9.92. The number of nitrogens with zero attached hydrogens (tertiary/aromatic N) is 4. The predicted octanol–water partition coefficient (Wildman–Crippen LogP) is 1.80. The van der Waals surface area contributed by atoms with Crippen molar-refractivity contribution in [2.45, 2.75) is 24.2 Å². The number of hydrogen-bond acceptors (Lipinski definition) is 8. The van der Waals surface area contributed by atoms with Crippen LogP contribution in [0, 0.1) is 11.3 Å². The Bertz CT molecular complexity index is 1250. The van der Waals surface area contributed by atoms with E-state index < -0.39 is 22.6 Å². The van der Waals surface area contributed by atoms with Gasteiger partial charge in [-0.2, -0.15) is 0 Å². The standard InChI is InChI=1S/C19H23N7O3S/c1-20-18(28)15-12(23-16-13(5-4-8-22-16)30(3,29)21-2)9-14(25-26-15)24-17(27)11-10-19(11)6-7-19/h4-5,8-9,11H,6-7,10H2,1-3H3,(H,20,28)(H2,22,23,24,25,27)/t11-,30?/m1/s1/i1D3. The van der Waals surface area contributed by atoms with Gasteiger partial charge in [0.05, 0.1) is 20.3 Å². The molecular formula is C19H23N7O3S. The molecule has 2 aliphatic carbocycles. The van der Waals surface area contributed by atoms with E-state index in [4.69, 9.17) is 4.11 Å². The molecule has 2 amide bonds. The largest absolute Gasteiger partial charge is 0.354 e. The summed E-state index contributed by atoms with van der Waals surface area (Å²) in [5, 5.41) is 15.2. The fraction of sp³-hybridized carbons (Fsp3) is 0.421. The Morgan fingerprint density at radius 3 is 2.83 bits per heavy atom. The van der Waals surface area contributed by atoms with E-state index in [-0.39, 0.29) is 45.2 Å². The first-order valence-corrected chi connectivity index (χ1v) is 11.2. The molecule has 2 aromatic heterocycles. The average Bonchev–Trinajstić information content (AvgIpc) is 3.66. The maximum absolute atomic E-state index is 12.8. The van der Waals surface area contributed by atoms with Gasteiger partial charge in [-0.05, 0) is 36.8 Å². The van der Waals surface area contributed by atoms with Crippen molar-refractivity contribution in [2.75, 3.05) is 30.9 Å².